The van der Waals surface area contributed by atoms with Crippen LogP contribution in [0.1, 0.15) is 26.5 Å². The van der Waals surface area contributed by atoms with Gasteiger partial charge in [0.2, 0.25) is 0 Å². The number of benzene rings is 4. The summed E-state index contributed by atoms with van der Waals surface area (Å²) in [5.41, 5.74) is 8.54. The molecule has 1 aromatic heterocycles. The van der Waals surface area contributed by atoms with Crippen molar-refractivity contribution < 1.29 is 4.57 Å². The Bertz CT molecular complexity index is 1350. The average Bonchev–Trinajstić information content (AvgIpc) is 3.22. The molecule has 0 atom stereocenters. The fourth-order valence-electron chi connectivity index (χ4n) is 4.84. The van der Waals surface area contributed by atoms with E-state index in [9.17, 15) is 0 Å². The summed E-state index contributed by atoms with van der Waals surface area (Å²) in [4.78, 5) is 0. The second kappa shape index (κ2) is 8.79. The molecule has 34 heavy (non-hydrogen) atoms. The molecule has 0 aliphatic rings. The first-order chi connectivity index (χ1) is 16.4. The average molecular weight is 444 g/mol. The van der Waals surface area contributed by atoms with Crippen molar-refractivity contribution in [1.29, 1.82) is 0 Å². The number of aromatic nitrogens is 2. The minimum atomic E-state index is -0.00185. The number of hydrogen-bond donors (Lipinski definition) is 0. The summed E-state index contributed by atoms with van der Waals surface area (Å²) in [5.74, 6) is 1.17. The zero-order valence-corrected chi connectivity index (χ0v) is 20.4. The molecule has 0 aliphatic heterocycles. The molecule has 0 spiro atoms. The van der Waals surface area contributed by atoms with Crippen molar-refractivity contribution in [3.8, 4) is 39.3 Å². The lowest BCUT2D eigenvalue weighted by Gasteiger charge is -2.14. The second-order valence-electron chi connectivity index (χ2n) is 9.82. The van der Waals surface area contributed by atoms with E-state index in [0.29, 0.717) is 0 Å². The Balaban J connectivity index is 1.91. The van der Waals surface area contributed by atoms with E-state index in [4.69, 9.17) is 0 Å². The van der Waals surface area contributed by atoms with Gasteiger partial charge < -0.3 is 0 Å². The molecule has 0 saturated heterocycles. The smallest absolute Gasteiger partial charge is 0.229 e. The van der Waals surface area contributed by atoms with Gasteiger partial charge in [-0.05, 0) is 23.3 Å². The van der Waals surface area contributed by atoms with Gasteiger partial charge in [-0.2, -0.15) is 4.57 Å². The number of nitrogens with zero attached hydrogens (tertiary/aromatic N) is 2. The van der Waals surface area contributed by atoms with Crippen LogP contribution in [-0.4, -0.2) is 4.57 Å². The van der Waals surface area contributed by atoms with Crippen molar-refractivity contribution in [2.24, 2.45) is 7.05 Å². The number of rotatable bonds is 4. The molecular formula is C32H31N2+. The Labute approximate surface area is 202 Å². The predicted molar refractivity (Wildman–Crippen MR) is 142 cm³/mol. The SMILES string of the molecule is Cn1c(C(C)(C)C)c[n+](-c2c(-c3ccccc3)cccc2-c2ccccc2)c1-c1ccccc1. The predicted octanol–water partition coefficient (Wildman–Crippen LogP) is 7.60. The van der Waals surface area contributed by atoms with Gasteiger partial charge in [0, 0.05) is 16.5 Å². The van der Waals surface area contributed by atoms with E-state index in [1.165, 1.54) is 45.0 Å². The van der Waals surface area contributed by atoms with Crippen LogP contribution in [0.3, 0.4) is 0 Å². The van der Waals surface area contributed by atoms with E-state index in [1.54, 1.807) is 0 Å². The van der Waals surface area contributed by atoms with Crippen LogP contribution in [0.2, 0.25) is 0 Å². The van der Waals surface area contributed by atoms with Gasteiger partial charge in [0.1, 0.15) is 17.6 Å². The van der Waals surface area contributed by atoms with E-state index in [0.717, 1.165) is 0 Å². The largest absolute Gasteiger partial charge is 0.294 e. The van der Waals surface area contributed by atoms with Crippen LogP contribution in [0.15, 0.2) is 115 Å². The Hall–Kier alpha value is -3.91. The highest BCUT2D eigenvalue weighted by molar-refractivity contribution is 5.83. The van der Waals surface area contributed by atoms with Crippen molar-refractivity contribution in [2.45, 2.75) is 26.2 Å². The minimum Gasteiger partial charge on any atom is -0.229 e. The summed E-state index contributed by atoms with van der Waals surface area (Å²) in [5, 5.41) is 0. The second-order valence-corrected chi connectivity index (χ2v) is 9.82. The van der Waals surface area contributed by atoms with Crippen LogP contribution in [0, 0.1) is 0 Å². The highest BCUT2D eigenvalue weighted by atomic mass is 15.2. The molecule has 168 valence electrons. The lowest BCUT2D eigenvalue weighted by Crippen LogP contribution is -2.33. The minimum absolute atomic E-state index is 0.00185. The van der Waals surface area contributed by atoms with E-state index in [-0.39, 0.29) is 5.41 Å². The van der Waals surface area contributed by atoms with E-state index in [2.05, 4.69) is 152 Å². The Morgan fingerprint density at radius 1 is 0.559 bits per heavy atom. The number of imidazole rings is 1. The van der Waals surface area contributed by atoms with Gasteiger partial charge in [0.15, 0.2) is 0 Å². The maximum Gasteiger partial charge on any atom is 0.294 e. The van der Waals surface area contributed by atoms with E-state index in [1.807, 2.05) is 0 Å². The molecule has 0 saturated carbocycles. The molecule has 0 unspecified atom stereocenters. The number of hydrogen-bond acceptors (Lipinski definition) is 0. The molecule has 0 N–H and O–H groups in total. The van der Waals surface area contributed by atoms with Crippen molar-refractivity contribution >= 4 is 0 Å². The van der Waals surface area contributed by atoms with Gasteiger partial charge >= 0.3 is 0 Å². The van der Waals surface area contributed by atoms with Gasteiger partial charge in [0.25, 0.3) is 5.82 Å². The first-order valence-electron chi connectivity index (χ1n) is 11.9. The molecule has 0 amide bonds. The molecule has 1 heterocycles. The van der Waals surface area contributed by atoms with Crippen LogP contribution >= 0.6 is 0 Å². The zero-order chi connectivity index (χ0) is 23.7. The quantitative estimate of drug-likeness (QED) is 0.253. The molecule has 0 bridgehead atoms. The first-order valence-corrected chi connectivity index (χ1v) is 11.9. The molecule has 5 rings (SSSR count). The summed E-state index contributed by atoms with van der Waals surface area (Å²) in [6.07, 6.45) is 2.33. The summed E-state index contributed by atoms with van der Waals surface area (Å²) < 4.78 is 4.76. The van der Waals surface area contributed by atoms with Gasteiger partial charge in [-0.25, -0.2) is 4.57 Å². The highest BCUT2D eigenvalue weighted by Crippen LogP contribution is 2.35. The van der Waals surface area contributed by atoms with Gasteiger partial charge in [-0.1, -0.05) is 118 Å². The maximum absolute atomic E-state index is 2.40. The van der Waals surface area contributed by atoms with E-state index < -0.39 is 0 Å². The van der Waals surface area contributed by atoms with Crippen LogP contribution in [0.5, 0.6) is 0 Å². The monoisotopic (exact) mass is 443 g/mol. The molecule has 2 heteroatoms. The molecule has 0 radical (unpaired) electrons. The van der Waals surface area contributed by atoms with Gasteiger partial charge in [-0.15, -0.1) is 0 Å². The molecule has 4 aromatic carbocycles. The van der Waals surface area contributed by atoms with Crippen LogP contribution in [-0.2, 0) is 12.5 Å². The van der Waals surface area contributed by atoms with Gasteiger partial charge in [-0.3, -0.25) is 0 Å². The molecule has 5 aromatic rings. The van der Waals surface area contributed by atoms with Crippen LogP contribution < -0.4 is 4.57 Å². The normalized spacial score (nSPS) is 11.5. The molecule has 0 fully saturated rings. The first kappa shape index (κ1) is 21.9. The Morgan fingerprint density at radius 3 is 1.44 bits per heavy atom. The maximum atomic E-state index is 2.40. The zero-order valence-electron chi connectivity index (χ0n) is 20.4. The highest BCUT2D eigenvalue weighted by Gasteiger charge is 2.32. The summed E-state index contributed by atoms with van der Waals surface area (Å²) in [6.45, 7) is 6.84. The third-order valence-corrected chi connectivity index (χ3v) is 6.41. The molecular weight excluding hydrogens is 412 g/mol. The Morgan fingerprint density at radius 2 is 1.00 bits per heavy atom. The van der Waals surface area contributed by atoms with Gasteiger partial charge in [0.05, 0.1) is 12.6 Å². The lowest BCUT2D eigenvalue weighted by molar-refractivity contribution is -0.582. The summed E-state index contributed by atoms with van der Waals surface area (Å²) in [7, 11) is 2.19. The lowest BCUT2D eigenvalue weighted by atomic mass is 9.92. The third-order valence-electron chi connectivity index (χ3n) is 6.41. The van der Waals surface area contributed by atoms with Crippen molar-refractivity contribution in [2.75, 3.05) is 0 Å². The molecule has 2 nitrogen and oxygen atoms in total. The van der Waals surface area contributed by atoms with Crippen molar-refractivity contribution in [3.05, 3.63) is 121 Å². The van der Waals surface area contributed by atoms with Crippen LogP contribution in [0.25, 0.3) is 39.3 Å². The van der Waals surface area contributed by atoms with Crippen LogP contribution in [0.4, 0.5) is 0 Å². The topological polar surface area (TPSA) is 8.81 Å². The van der Waals surface area contributed by atoms with Crippen molar-refractivity contribution in [3.63, 3.8) is 0 Å². The van der Waals surface area contributed by atoms with E-state index >= 15 is 0 Å². The van der Waals surface area contributed by atoms with Crippen molar-refractivity contribution in [1.82, 2.24) is 4.57 Å². The fraction of sp³-hybridized carbons (Fsp3) is 0.156. The number of para-hydroxylation sites is 1. The third kappa shape index (κ3) is 3.97. The Kier molecular flexibility index (Phi) is 5.67. The molecule has 0 aliphatic carbocycles. The summed E-state index contributed by atoms with van der Waals surface area (Å²) in [6, 6.07) is 38.8. The summed E-state index contributed by atoms with van der Waals surface area (Å²) >= 11 is 0. The standard InChI is InChI=1S/C32H31N2/c1-32(2,3)29-23-34(31(33(29)4)26-19-12-7-13-20-26)30-27(24-15-8-5-9-16-24)21-14-22-28(30)25-17-10-6-11-18-25/h5-23H,1-4H3/q+1. The fourth-order valence-corrected chi connectivity index (χ4v) is 4.84.